The van der Waals surface area contributed by atoms with Gasteiger partial charge in [0, 0.05) is 38.8 Å². The maximum atomic E-state index is 13.2. The molecule has 0 saturated carbocycles. The van der Waals surface area contributed by atoms with E-state index >= 15 is 0 Å². The second kappa shape index (κ2) is 19.0. The van der Waals surface area contributed by atoms with E-state index in [1.165, 1.54) is 18.4 Å². The number of aromatic amines is 1. The number of aromatic nitrogens is 3. The van der Waals surface area contributed by atoms with E-state index in [1.54, 1.807) is 10.6 Å². The minimum Gasteiger partial charge on any atom is -0.478 e. The van der Waals surface area contributed by atoms with Crippen molar-refractivity contribution in [3.8, 4) is 5.88 Å². The minimum absolute atomic E-state index is 0.152. The topological polar surface area (TPSA) is 200 Å². The van der Waals surface area contributed by atoms with Crippen molar-refractivity contribution >= 4 is 28.7 Å². The van der Waals surface area contributed by atoms with Crippen LogP contribution in [-0.2, 0) is 27.5 Å². The molecule has 1 unspecified atom stereocenters. The molecule has 2 amide bonds. The Morgan fingerprint density at radius 2 is 1.67 bits per heavy atom. The fourth-order valence-electron chi connectivity index (χ4n) is 7.54. The molecule has 0 aliphatic carbocycles. The van der Waals surface area contributed by atoms with Crippen LogP contribution in [0.4, 0.5) is 5.82 Å². The number of nitrogens with one attached hydrogen (secondary N) is 2. The van der Waals surface area contributed by atoms with E-state index in [0.717, 1.165) is 83.2 Å². The number of hydrogen-bond donors (Lipinski definition) is 5. The number of amides is 2. The highest BCUT2D eigenvalue weighted by Crippen LogP contribution is 2.33. The van der Waals surface area contributed by atoms with Gasteiger partial charge in [-0.1, -0.05) is 44.0 Å². The molecule has 14 heteroatoms. The molecule has 0 spiro atoms. The lowest BCUT2D eigenvalue weighted by atomic mass is 9.78. The quantitative estimate of drug-likeness (QED) is 0.0968. The minimum atomic E-state index is -0.241. The van der Waals surface area contributed by atoms with E-state index in [2.05, 4.69) is 56.2 Å². The molecule has 4 heterocycles. The van der Waals surface area contributed by atoms with Crippen LogP contribution in [0, 0.1) is 17.8 Å². The van der Waals surface area contributed by atoms with Crippen LogP contribution in [0.15, 0.2) is 35.1 Å². The number of carbonyl (C=O) groups excluding carboxylic acids is 2. The Kier molecular flexibility index (Phi) is 14.3. The van der Waals surface area contributed by atoms with Crippen LogP contribution in [0.5, 0.6) is 5.88 Å². The molecule has 0 bridgehead atoms. The Labute approximate surface area is 300 Å². The highest BCUT2D eigenvalue weighted by molar-refractivity contribution is 5.86. The number of benzene rings is 1. The van der Waals surface area contributed by atoms with Gasteiger partial charge in [-0.25, -0.2) is 10.7 Å². The summed E-state index contributed by atoms with van der Waals surface area (Å²) >= 11 is 0. The second-order valence-electron chi connectivity index (χ2n) is 14.1. The number of pyridine rings is 1. The first-order valence-corrected chi connectivity index (χ1v) is 18.7. The van der Waals surface area contributed by atoms with Crippen molar-refractivity contribution in [1.82, 2.24) is 29.7 Å². The van der Waals surface area contributed by atoms with Gasteiger partial charge in [0.2, 0.25) is 17.7 Å². The first-order valence-electron chi connectivity index (χ1n) is 18.7. The predicted molar refractivity (Wildman–Crippen MR) is 198 cm³/mol. The van der Waals surface area contributed by atoms with E-state index in [9.17, 15) is 14.4 Å². The van der Waals surface area contributed by atoms with Crippen LogP contribution in [0.1, 0.15) is 75.8 Å². The van der Waals surface area contributed by atoms with Crippen molar-refractivity contribution in [2.45, 2.75) is 77.8 Å². The third kappa shape index (κ3) is 10.5. The number of hydrogen-bond acceptors (Lipinski definition) is 10. The fraction of sp³-hybridized carbons (Fsp3) is 0.622. The average Bonchev–Trinajstić information content (AvgIpc) is 3.45. The lowest BCUT2D eigenvalue weighted by Gasteiger charge is -2.41. The maximum absolute atomic E-state index is 13.2. The summed E-state index contributed by atoms with van der Waals surface area (Å²) in [5.74, 6) is 6.73. The van der Waals surface area contributed by atoms with Gasteiger partial charge in [0.25, 0.3) is 0 Å². The Morgan fingerprint density at radius 3 is 2.31 bits per heavy atom. The van der Waals surface area contributed by atoms with E-state index in [4.69, 9.17) is 22.1 Å². The van der Waals surface area contributed by atoms with Gasteiger partial charge in [-0.05, 0) is 81.0 Å². The third-order valence-corrected chi connectivity index (χ3v) is 10.6. The van der Waals surface area contributed by atoms with Crippen molar-refractivity contribution in [2.24, 2.45) is 29.4 Å². The van der Waals surface area contributed by atoms with Crippen LogP contribution in [0.25, 0.3) is 11.0 Å². The molecule has 280 valence electrons. The summed E-state index contributed by atoms with van der Waals surface area (Å²) < 4.78 is 7.46. The first kappa shape index (κ1) is 38.3. The Morgan fingerprint density at radius 1 is 1.00 bits per heavy atom. The van der Waals surface area contributed by atoms with Gasteiger partial charge in [0.05, 0.1) is 24.6 Å². The number of unbranched alkanes of at least 4 members (excludes halogenated alkanes) is 2. The number of piperidine rings is 2. The standard InChI is InChI=1S/C37H57N9O5/c1-2-3-20-50-33-21-31-34(35(39)42-33)43-37(49)46(31)24-27-9-7-26(8-10-27)23-44-16-11-28(12-17-44)29-13-18-45(19-14-29)36(48)30(22-38)6-4-5-15-41-32(47)25-51-40/h7-10,21,28-30H,2-6,11-20,22-25,38,40H2,1H3,(H2,39,42)(H,41,47)(H,43,49). The van der Waals surface area contributed by atoms with Crippen LogP contribution < -0.4 is 33.1 Å². The average molecular weight is 708 g/mol. The van der Waals surface area contributed by atoms with Gasteiger partial charge in [-0.15, -0.1) is 0 Å². The molecule has 2 fully saturated rings. The first-order chi connectivity index (χ1) is 24.8. The number of rotatable bonds is 18. The summed E-state index contributed by atoms with van der Waals surface area (Å²) in [7, 11) is 0. The van der Waals surface area contributed by atoms with Crippen molar-refractivity contribution in [1.29, 1.82) is 0 Å². The highest BCUT2D eigenvalue weighted by Gasteiger charge is 2.32. The number of nitrogens with zero attached hydrogens (tertiary/aromatic N) is 4. The molecule has 51 heavy (non-hydrogen) atoms. The molecule has 2 aliphatic rings. The summed E-state index contributed by atoms with van der Waals surface area (Å²) in [4.78, 5) is 53.6. The monoisotopic (exact) mass is 707 g/mol. The number of fused-ring (bicyclic) bond motifs is 1. The molecule has 1 aromatic carbocycles. The highest BCUT2D eigenvalue weighted by atomic mass is 16.6. The molecule has 14 nitrogen and oxygen atoms in total. The van der Waals surface area contributed by atoms with Crippen LogP contribution in [-0.4, -0.2) is 88.6 Å². The van der Waals surface area contributed by atoms with Gasteiger partial charge in [-0.2, -0.15) is 4.98 Å². The van der Waals surface area contributed by atoms with Crippen LogP contribution >= 0.6 is 0 Å². The molecule has 2 aromatic heterocycles. The van der Waals surface area contributed by atoms with Gasteiger partial charge >= 0.3 is 5.69 Å². The molecule has 3 aromatic rings. The summed E-state index contributed by atoms with van der Waals surface area (Å²) in [6, 6.07) is 10.3. The largest absolute Gasteiger partial charge is 0.478 e. The Balaban J connectivity index is 1.04. The summed E-state index contributed by atoms with van der Waals surface area (Å²) in [5.41, 5.74) is 15.4. The van der Waals surface area contributed by atoms with Crippen molar-refractivity contribution in [3.63, 3.8) is 0 Å². The maximum Gasteiger partial charge on any atom is 0.326 e. The van der Waals surface area contributed by atoms with Gasteiger partial charge in [0.15, 0.2) is 5.82 Å². The number of ether oxygens (including phenoxy) is 1. The van der Waals surface area contributed by atoms with Crippen LogP contribution in [0.3, 0.4) is 0 Å². The zero-order chi connectivity index (χ0) is 36.2. The SMILES string of the molecule is CCCCOc1cc2c([nH]c(=O)n2Cc2ccc(CN3CCC(C4CCN(C(=O)C(CN)CCCCNC(=O)CON)CC4)CC3)cc2)c(N)n1. The van der Waals surface area contributed by atoms with Crippen molar-refractivity contribution in [2.75, 3.05) is 58.2 Å². The molecule has 2 aliphatic heterocycles. The van der Waals surface area contributed by atoms with E-state index in [-0.39, 0.29) is 35.8 Å². The lowest BCUT2D eigenvalue weighted by molar-refractivity contribution is -0.137. The third-order valence-electron chi connectivity index (χ3n) is 10.6. The molecule has 1 atom stereocenters. The number of nitrogens with two attached hydrogens (primary N) is 3. The predicted octanol–water partition coefficient (Wildman–Crippen LogP) is 2.74. The summed E-state index contributed by atoms with van der Waals surface area (Å²) in [5, 5.41) is 2.75. The number of nitrogen functional groups attached to an aromatic ring is 1. The van der Waals surface area contributed by atoms with Gasteiger partial charge < -0.3 is 31.4 Å². The molecule has 8 N–H and O–H groups in total. The van der Waals surface area contributed by atoms with E-state index in [0.29, 0.717) is 55.0 Å². The number of H-pyrrole nitrogens is 1. The normalized spacial score (nSPS) is 16.8. The zero-order valence-corrected chi connectivity index (χ0v) is 30.1. The van der Waals surface area contributed by atoms with Gasteiger partial charge in [0.1, 0.15) is 12.1 Å². The molecular formula is C37H57N9O5. The Bertz CT molecular complexity index is 1610. The van der Waals surface area contributed by atoms with Gasteiger partial charge in [-0.3, -0.25) is 23.9 Å². The molecule has 2 saturated heterocycles. The molecule has 0 radical (unpaired) electrons. The molecule has 5 rings (SSSR count). The zero-order valence-electron chi connectivity index (χ0n) is 30.1. The summed E-state index contributed by atoms with van der Waals surface area (Å²) in [6.07, 6.45) is 8.75. The van der Waals surface area contributed by atoms with Crippen molar-refractivity contribution < 1.29 is 19.2 Å². The summed E-state index contributed by atoms with van der Waals surface area (Å²) in [6.45, 7) is 8.48. The fourth-order valence-corrected chi connectivity index (χ4v) is 7.54. The van der Waals surface area contributed by atoms with Crippen LogP contribution in [0.2, 0.25) is 0 Å². The molecular weight excluding hydrogens is 650 g/mol. The van der Waals surface area contributed by atoms with E-state index in [1.807, 2.05) is 4.90 Å². The number of carbonyl (C=O) groups is 2. The van der Waals surface area contributed by atoms with E-state index < -0.39 is 0 Å². The number of likely N-dealkylation sites (tertiary alicyclic amines) is 2. The second-order valence-corrected chi connectivity index (χ2v) is 14.1. The number of imidazole rings is 1. The Hall–Kier alpha value is -3.98. The lowest BCUT2D eigenvalue weighted by Crippen LogP contribution is -2.45. The van der Waals surface area contributed by atoms with Crippen molar-refractivity contribution in [3.05, 3.63) is 51.9 Å². The number of anilines is 1. The smallest absolute Gasteiger partial charge is 0.326 e.